The number of carboxylic acids is 1. The summed E-state index contributed by atoms with van der Waals surface area (Å²) in [6.07, 6.45) is 0. The van der Waals surface area contributed by atoms with Crippen molar-refractivity contribution in [1.82, 2.24) is 0 Å². The number of rotatable bonds is 3. The first kappa shape index (κ1) is 11.5. The molecular weight excluding hydrogens is 278 g/mol. The summed E-state index contributed by atoms with van der Waals surface area (Å²) in [5, 5.41) is 8.34. The van der Waals surface area contributed by atoms with Gasteiger partial charge < -0.3 is 5.11 Å². The molecule has 0 saturated carbocycles. The van der Waals surface area contributed by atoms with Crippen LogP contribution in [-0.4, -0.2) is 16.8 Å². The molecule has 0 aliphatic heterocycles. The van der Waals surface area contributed by atoms with Crippen molar-refractivity contribution in [2.45, 2.75) is 4.90 Å². The maximum atomic E-state index is 13.1. The van der Waals surface area contributed by atoms with E-state index < -0.39 is 17.6 Å². The molecule has 1 N–H and O–H groups in total. The van der Waals surface area contributed by atoms with Gasteiger partial charge in [0.05, 0.1) is 10.6 Å². The summed E-state index contributed by atoms with van der Waals surface area (Å²) in [7, 11) is 0. The number of carboxylic acid groups (broad SMARTS) is 1. The molecule has 0 aliphatic rings. The zero-order valence-corrected chi connectivity index (χ0v) is 9.16. The highest BCUT2D eigenvalue weighted by Crippen LogP contribution is 2.27. The predicted octanol–water partition coefficient (Wildman–Crippen LogP) is 2.90. The molecule has 0 spiro atoms. The molecule has 1 aromatic carbocycles. The molecule has 0 unspecified atom stereocenters. The van der Waals surface area contributed by atoms with Gasteiger partial charge in [-0.25, -0.2) is 8.78 Å². The normalized spacial score (nSPS) is 10.2. The Balaban J connectivity index is 2.91. The first-order valence-corrected chi connectivity index (χ1v) is 5.27. The zero-order chi connectivity index (χ0) is 10.7. The van der Waals surface area contributed by atoms with E-state index in [1.165, 1.54) is 0 Å². The van der Waals surface area contributed by atoms with Gasteiger partial charge in [0, 0.05) is 4.47 Å². The molecule has 0 amide bonds. The maximum absolute atomic E-state index is 13.1. The average Bonchev–Trinajstić information content (AvgIpc) is 2.01. The van der Waals surface area contributed by atoms with Crippen LogP contribution < -0.4 is 0 Å². The number of carbonyl (C=O) groups is 1. The van der Waals surface area contributed by atoms with Crippen LogP contribution in [0.5, 0.6) is 0 Å². The lowest BCUT2D eigenvalue weighted by Crippen LogP contribution is -1.99. The summed E-state index contributed by atoms with van der Waals surface area (Å²) in [4.78, 5) is 9.92. The Labute approximate surface area is 91.4 Å². The molecule has 0 heterocycles. The van der Waals surface area contributed by atoms with Gasteiger partial charge in [0.1, 0.15) is 11.6 Å². The second-order valence-corrected chi connectivity index (χ2v) is 4.28. The maximum Gasteiger partial charge on any atom is 0.313 e. The molecule has 0 radical (unpaired) electrons. The van der Waals surface area contributed by atoms with Crippen LogP contribution >= 0.6 is 27.7 Å². The Hall–Kier alpha value is -0.620. The molecule has 0 aliphatic carbocycles. The molecule has 0 atom stereocenters. The lowest BCUT2D eigenvalue weighted by atomic mass is 10.3. The number of benzene rings is 1. The van der Waals surface area contributed by atoms with Gasteiger partial charge in [0.15, 0.2) is 0 Å². The second-order valence-electron chi connectivity index (χ2n) is 2.38. The third-order valence-electron chi connectivity index (χ3n) is 1.30. The summed E-state index contributed by atoms with van der Waals surface area (Å²) in [6.45, 7) is 0. The van der Waals surface area contributed by atoms with Gasteiger partial charge in [0.2, 0.25) is 0 Å². The third-order valence-corrected chi connectivity index (χ3v) is 2.83. The average molecular weight is 283 g/mol. The number of hydrogen-bond donors (Lipinski definition) is 1. The van der Waals surface area contributed by atoms with E-state index in [4.69, 9.17) is 5.11 Å². The summed E-state index contributed by atoms with van der Waals surface area (Å²) >= 11 is 3.54. The van der Waals surface area contributed by atoms with Crippen molar-refractivity contribution >= 4 is 33.7 Å². The number of thioether (sulfide) groups is 1. The van der Waals surface area contributed by atoms with Gasteiger partial charge >= 0.3 is 5.97 Å². The Morgan fingerprint density at radius 2 is 1.93 bits per heavy atom. The second kappa shape index (κ2) is 4.75. The standard InChI is InChI=1S/C8H5BrF2O2S/c9-4-1-5(10)8(6(11)2-4)14-3-7(12)13/h1-2H,3H2,(H,12,13). The molecule has 1 rings (SSSR count). The minimum absolute atomic E-state index is 0.268. The number of hydrogen-bond acceptors (Lipinski definition) is 2. The molecule has 76 valence electrons. The highest BCUT2D eigenvalue weighted by molar-refractivity contribution is 9.10. The van der Waals surface area contributed by atoms with Crippen molar-refractivity contribution < 1.29 is 18.7 Å². The fourth-order valence-corrected chi connectivity index (χ4v) is 1.86. The van der Waals surface area contributed by atoms with Gasteiger partial charge in [-0.3, -0.25) is 4.79 Å². The minimum Gasteiger partial charge on any atom is -0.481 e. The van der Waals surface area contributed by atoms with Crippen LogP contribution in [0.25, 0.3) is 0 Å². The summed E-state index contributed by atoms with van der Waals surface area (Å²) in [5.74, 6) is -3.00. The predicted molar refractivity (Wildman–Crippen MR) is 52.4 cm³/mol. The van der Waals surface area contributed by atoms with Crippen molar-refractivity contribution in [3.05, 3.63) is 28.2 Å². The SMILES string of the molecule is O=C(O)CSc1c(F)cc(Br)cc1F. The van der Waals surface area contributed by atoms with Crippen LogP contribution in [0.1, 0.15) is 0 Å². The zero-order valence-electron chi connectivity index (χ0n) is 6.76. The van der Waals surface area contributed by atoms with E-state index in [-0.39, 0.29) is 15.1 Å². The molecular formula is C8H5BrF2O2S. The smallest absolute Gasteiger partial charge is 0.313 e. The Bertz CT molecular complexity index is 347. The van der Waals surface area contributed by atoms with Crippen molar-refractivity contribution in [1.29, 1.82) is 0 Å². The topological polar surface area (TPSA) is 37.3 Å². The van der Waals surface area contributed by atoms with Crippen molar-refractivity contribution in [2.75, 3.05) is 5.75 Å². The minimum atomic E-state index is -1.11. The molecule has 0 saturated heterocycles. The fraction of sp³-hybridized carbons (Fsp3) is 0.125. The third kappa shape index (κ3) is 2.95. The summed E-state index contributed by atoms with van der Waals surface area (Å²) < 4.78 is 26.4. The van der Waals surface area contributed by atoms with E-state index in [0.717, 1.165) is 12.1 Å². The summed E-state index contributed by atoms with van der Waals surface area (Å²) in [5.41, 5.74) is 0. The Morgan fingerprint density at radius 1 is 1.43 bits per heavy atom. The van der Waals surface area contributed by atoms with Crippen LogP contribution in [0.2, 0.25) is 0 Å². The van der Waals surface area contributed by atoms with Gasteiger partial charge in [0.25, 0.3) is 0 Å². The molecule has 6 heteroatoms. The number of halogens is 3. The fourth-order valence-electron chi connectivity index (χ4n) is 0.801. The van der Waals surface area contributed by atoms with Crippen molar-refractivity contribution in [3.63, 3.8) is 0 Å². The molecule has 0 aromatic heterocycles. The van der Waals surface area contributed by atoms with E-state index in [2.05, 4.69) is 15.9 Å². The van der Waals surface area contributed by atoms with E-state index in [0.29, 0.717) is 11.8 Å². The number of aliphatic carboxylic acids is 1. The Morgan fingerprint density at radius 3 is 2.36 bits per heavy atom. The van der Waals surface area contributed by atoms with Crippen LogP contribution in [0.4, 0.5) is 8.78 Å². The molecule has 1 aromatic rings. The molecule has 0 fully saturated rings. The lowest BCUT2D eigenvalue weighted by Gasteiger charge is -2.03. The highest BCUT2D eigenvalue weighted by Gasteiger charge is 2.12. The summed E-state index contributed by atoms with van der Waals surface area (Å²) in [6, 6.07) is 2.18. The van der Waals surface area contributed by atoms with Crippen molar-refractivity contribution in [3.8, 4) is 0 Å². The van der Waals surface area contributed by atoms with Gasteiger partial charge in [-0.2, -0.15) is 0 Å². The largest absolute Gasteiger partial charge is 0.481 e. The first-order valence-electron chi connectivity index (χ1n) is 3.50. The van der Waals surface area contributed by atoms with Gasteiger partial charge in [-0.05, 0) is 12.1 Å². The van der Waals surface area contributed by atoms with E-state index in [1.54, 1.807) is 0 Å². The van der Waals surface area contributed by atoms with Crippen LogP contribution in [0, 0.1) is 11.6 Å². The van der Waals surface area contributed by atoms with Crippen molar-refractivity contribution in [2.24, 2.45) is 0 Å². The monoisotopic (exact) mass is 282 g/mol. The van der Waals surface area contributed by atoms with Crippen LogP contribution in [0.15, 0.2) is 21.5 Å². The molecule has 2 nitrogen and oxygen atoms in total. The van der Waals surface area contributed by atoms with E-state index in [9.17, 15) is 13.6 Å². The Kier molecular flexibility index (Phi) is 3.88. The highest BCUT2D eigenvalue weighted by atomic mass is 79.9. The first-order chi connectivity index (χ1) is 6.50. The quantitative estimate of drug-likeness (QED) is 0.867. The molecule has 14 heavy (non-hydrogen) atoms. The van der Waals surface area contributed by atoms with E-state index in [1.807, 2.05) is 0 Å². The molecule has 0 bridgehead atoms. The lowest BCUT2D eigenvalue weighted by molar-refractivity contribution is -0.133. The van der Waals surface area contributed by atoms with E-state index >= 15 is 0 Å². The van der Waals surface area contributed by atoms with Crippen LogP contribution in [0.3, 0.4) is 0 Å². The van der Waals surface area contributed by atoms with Gasteiger partial charge in [-0.15, -0.1) is 11.8 Å². The van der Waals surface area contributed by atoms with Crippen LogP contribution in [-0.2, 0) is 4.79 Å². The van der Waals surface area contributed by atoms with Gasteiger partial charge in [-0.1, -0.05) is 15.9 Å².